The average Bonchev–Trinajstić information content (AvgIpc) is 2.62. The smallest absolute Gasteiger partial charge is 0.162 e. The largest absolute Gasteiger partial charge is 0.311 e. The number of hydrogen-bond acceptors (Lipinski definition) is 1. The highest BCUT2D eigenvalue weighted by Gasteiger charge is 2.35. The molecule has 1 nitrogen and oxygen atoms in total. The van der Waals surface area contributed by atoms with Crippen molar-refractivity contribution in [2.45, 2.75) is 43.7 Å². The number of benzene rings is 1. The molecule has 1 unspecified atom stereocenters. The third-order valence-corrected chi connectivity index (χ3v) is 3.89. The number of hydrogen-bond donors (Lipinski definition) is 1. The fourth-order valence-electron chi connectivity index (χ4n) is 3.15. The summed E-state index contributed by atoms with van der Waals surface area (Å²) in [7, 11) is 0. The van der Waals surface area contributed by atoms with Gasteiger partial charge in [-0.05, 0) is 43.2 Å². The van der Waals surface area contributed by atoms with Gasteiger partial charge in [-0.2, -0.15) is 0 Å². The first-order valence-corrected chi connectivity index (χ1v) is 5.94. The molecule has 0 spiro atoms. The van der Waals surface area contributed by atoms with E-state index >= 15 is 0 Å². The van der Waals surface area contributed by atoms with Crippen molar-refractivity contribution in [2.75, 3.05) is 0 Å². The highest BCUT2D eigenvalue weighted by Crippen LogP contribution is 2.38. The van der Waals surface area contributed by atoms with Crippen molar-refractivity contribution >= 4 is 0 Å². The van der Waals surface area contributed by atoms with Gasteiger partial charge in [-0.3, -0.25) is 0 Å². The van der Waals surface area contributed by atoms with Gasteiger partial charge >= 0.3 is 0 Å². The quantitative estimate of drug-likeness (QED) is 0.771. The first-order valence-electron chi connectivity index (χ1n) is 5.94. The molecular weight excluding hydrogens is 208 g/mol. The molecule has 86 valence electrons. The zero-order chi connectivity index (χ0) is 11.1. The zero-order valence-electron chi connectivity index (χ0n) is 9.05. The number of rotatable bonds is 1. The molecule has 0 saturated carbocycles. The molecule has 2 aliphatic heterocycles. The minimum Gasteiger partial charge on any atom is -0.311 e. The molecule has 1 aromatic carbocycles. The Labute approximate surface area is 93.9 Å². The van der Waals surface area contributed by atoms with Crippen LogP contribution in [0.5, 0.6) is 0 Å². The first-order chi connectivity index (χ1) is 7.74. The lowest BCUT2D eigenvalue weighted by atomic mass is 9.86. The fraction of sp³-hybridized carbons (Fsp3) is 0.538. The maximum atomic E-state index is 13.7. The van der Waals surface area contributed by atoms with E-state index in [2.05, 4.69) is 5.32 Å². The summed E-state index contributed by atoms with van der Waals surface area (Å²) in [6.45, 7) is 0. The van der Waals surface area contributed by atoms with E-state index in [0.717, 1.165) is 12.8 Å². The van der Waals surface area contributed by atoms with Crippen LogP contribution in [-0.2, 0) is 0 Å². The molecule has 2 heterocycles. The van der Waals surface area contributed by atoms with Crippen molar-refractivity contribution in [3.05, 3.63) is 35.4 Å². The maximum absolute atomic E-state index is 13.7. The molecule has 2 aliphatic rings. The summed E-state index contributed by atoms with van der Waals surface area (Å²) in [6, 6.07) is 5.54. The SMILES string of the molecule is Fc1cccc(C2C[C@H]3CC[C@@H](C2)N3)c1F. The third-order valence-electron chi connectivity index (χ3n) is 3.89. The molecule has 0 radical (unpaired) electrons. The van der Waals surface area contributed by atoms with Crippen LogP contribution in [0.4, 0.5) is 8.78 Å². The highest BCUT2D eigenvalue weighted by atomic mass is 19.2. The fourth-order valence-corrected chi connectivity index (χ4v) is 3.15. The van der Waals surface area contributed by atoms with Crippen molar-refractivity contribution in [3.8, 4) is 0 Å². The minimum absolute atomic E-state index is 0.189. The minimum atomic E-state index is -0.719. The van der Waals surface area contributed by atoms with E-state index in [9.17, 15) is 8.78 Å². The van der Waals surface area contributed by atoms with Crippen molar-refractivity contribution in [1.29, 1.82) is 0 Å². The first kappa shape index (κ1) is 10.2. The second-order valence-corrected chi connectivity index (χ2v) is 4.95. The number of halogens is 2. The maximum Gasteiger partial charge on any atom is 0.162 e. The normalized spacial score (nSPS) is 33.0. The Morgan fingerprint density at radius 1 is 1.06 bits per heavy atom. The van der Waals surface area contributed by atoms with Crippen molar-refractivity contribution in [2.24, 2.45) is 0 Å². The summed E-state index contributed by atoms with van der Waals surface area (Å²) in [5.74, 6) is -1.17. The second-order valence-electron chi connectivity index (χ2n) is 4.95. The van der Waals surface area contributed by atoms with E-state index in [4.69, 9.17) is 0 Å². The summed E-state index contributed by atoms with van der Waals surface area (Å²) in [6.07, 6.45) is 4.24. The van der Waals surface area contributed by atoms with Crippen molar-refractivity contribution < 1.29 is 8.78 Å². The molecule has 0 amide bonds. The van der Waals surface area contributed by atoms with Gasteiger partial charge in [0.25, 0.3) is 0 Å². The van der Waals surface area contributed by atoms with E-state index in [1.165, 1.54) is 18.9 Å². The average molecular weight is 223 g/mol. The molecule has 3 rings (SSSR count). The lowest BCUT2D eigenvalue weighted by Gasteiger charge is -2.29. The zero-order valence-corrected chi connectivity index (χ0v) is 9.05. The van der Waals surface area contributed by atoms with Crippen LogP contribution in [-0.4, -0.2) is 12.1 Å². The monoisotopic (exact) mass is 223 g/mol. The molecule has 3 heteroatoms. The van der Waals surface area contributed by atoms with Gasteiger partial charge in [0.2, 0.25) is 0 Å². The van der Waals surface area contributed by atoms with Gasteiger partial charge in [0.1, 0.15) is 0 Å². The summed E-state index contributed by atoms with van der Waals surface area (Å²) in [5, 5.41) is 3.51. The van der Waals surface area contributed by atoms with E-state index in [0.29, 0.717) is 17.6 Å². The van der Waals surface area contributed by atoms with Gasteiger partial charge in [0, 0.05) is 12.1 Å². The molecule has 2 bridgehead atoms. The summed E-state index contributed by atoms with van der Waals surface area (Å²) < 4.78 is 26.8. The van der Waals surface area contributed by atoms with E-state index in [1.54, 1.807) is 12.1 Å². The predicted octanol–water partition coefficient (Wildman–Crippen LogP) is 2.96. The Morgan fingerprint density at radius 2 is 1.75 bits per heavy atom. The molecule has 0 aliphatic carbocycles. The van der Waals surface area contributed by atoms with Crippen LogP contribution in [0.3, 0.4) is 0 Å². The molecule has 1 N–H and O–H groups in total. The van der Waals surface area contributed by atoms with E-state index < -0.39 is 11.6 Å². The lowest BCUT2D eigenvalue weighted by molar-refractivity contribution is 0.352. The molecule has 2 saturated heterocycles. The Bertz CT molecular complexity index is 393. The summed E-state index contributed by atoms with van der Waals surface area (Å²) in [5.41, 5.74) is 0.568. The van der Waals surface area contributed by atoms with E-state index in [-0.39, 0.29) is 5.92 Å². The van der Waals surface area contributed by atoms with Crippen LogP contribution >= 0.6 is 0 Å². The third kappa shape index (κ3) is 1.63. The van der Waals surface area contributed by atoms with Gasteiger partial charge in [0.15, 0.2) is 11.6 Å². The van der Waals surface area contributed by atoms with Gasteiger partial charge in [-0.25, -0.2) is 8.78 Å². The van der Waals surface area contributed by atoms with Crippen molar-refractivity contribution in [3.63, 3.8) is 0 Å². The van der Waals surface area contributed by atoms with Gasteiger partial charge in [-0.1, -0.05) is 12.1 Å². The van der Waals surface area contributed by atoms with Gasteiger partial charge in [-0.15, -0.1) is 0 Å². The van der Waals surface area contributed by atoms with Crippen LogP contribution < -0.4 is 5.32 Å². The van der Waals surface area contributed by atoms with E-state index in [1.807, 2.05) is 0 Å². The van der Waals surface area contributed by atoms with Crippen LogP contribution in [0.15, 0.2) is 18.2 Å². The number of fused-ring (bicyclic) bond motifs is 2. The van der Waals surface area contributed by atoms with Crippen molar-refractivity contribution in [1.82, 2.24) is 5.32 Å². The number of nitrogens with one attached hydrogen (secondary N) is 1. The van der Waals surface area contributed by atoms with Gasteiger partial charge < -0.3 is 5.32 Å². The molecular formula is C13H15F2N. The molecule has 16 heavy (non-hydrogen) atoms. The molecule has 0 aromatic heterocycles. The molecule has 2 fully saturated rings. The van der Waals surface area contributed by atoms with Gasteiger partial charge in [0.05, 0.1) is 0 Å². The lowest BCUT2D eigenvalue weighted by Crippen LogP contribution is -2.37. The van der Waals surface area contributed by atoms with Crippen LogP contribution in [0.1, 0.15) is 37.2 Å². The topological polar surface area (TPSA) is 12.0 Å². The Kier molecular flexibility index (Phi) is 2.43. The molecule has 1 aromatic rings. The Balaban J connectivity index is 1.89. The predicted molar refractivity (Wildman–Crippen MR) is 58.3 cm³/mol. The molecule has 3 atom stereocenters. The summed E-state index contributed by atoms with van der Waals surface area (Å²) in [4.78, 5) is 0. The van der Waals surface area contributed by atoms with Crippen LogP contribution in [0, 0.1) is 11.6 Å². The highest BCUT2D eigenvalue weighted by molar-refractivity contribution is 5.24. The van der Waals surface area contributed by atoms with Crippen LogP contribution in [0.25, 0.3) is 0 Å². The second kappa shape index (κ2) is 3.81. The Hall–Kier alpha value is -0.960. The summed E-state index contributed by atoms with van der Waals surface area (Å²) >= 11 is 0. The van der Waals surface area contributed by atoms with Crippen LogP contribution in [0.2, 0.25) is 0 Å². The Morgan fingerprint density at radius 3 is 2.44 bits per heavy atom. The standard InChI is InChI=1S/C13H15F2N/c14-12-3-1-2-11(13(12)15)8-6-9-4-5-10(7-8)16-9/h1-3,8-10,16H,4-7H2/t8?,9-,10+. The number of piperidine rings is 1.